The van der Waals surface area contributed by atoms with Gasteiger partial charge in [-0.3, -0.25) is 0 Å². The minimum absolute atomic E-state index is 0.0585. The molecule has 1 aliphatic heterocycles. The molecule has 0 unspecified atom stereocenters. The number of rotatable bonds is 9. The van der Waals surface area contributed by atoms with Crippen molar-refractivity contribution < 1.29 is 13.2 Å². The summed E-state index contributed by atoms with van der Waals surface area (Å²) in [5.41, 5.74) is 11.2. The lowest BCUT2D eigenvalue weighted by Gasteiger charge is -2.18. The molecule has 2 aliphatic rings. The first kappa shape index (κ1) is 25.2. The maximum absolute atomic E-state index is 12.8. The van der Waals surface area contributed by atoms with Crippen molar-refractivity contribution >= 4 is 27.0 Å². The van der Waals surface area contributed by atoms with Crippen LogP contribution >= 0.6 is 11.3 Å². The number of likely N-dealkylation sites (tertiary alicyclic amines) is 1. The van der Waals surface area contributed by atoms with Gasteiger partial charge in [-0.1, -0.05) is 18.2 Å². The van der Waals surface area contributed by atoms with Crippen LogP contribution in [-0.2, 0) is 16.4 Å². The van der Waals surface area contributed by atoms with Gasteiger partial charge in [0.05, 0.1) is 22.4 Å². The highest BCUT2D eigenvalue weighted by atomic mass is 32.2. The number of thiazole rings is 1. The van der Waals surface area contributed by atoms with Crippen molar-refractivity contribution in [3.63, 3.8) is 0 Å². The molecule has 1 saturated heterocycles. The molecule has 3 aromatic rings. The number of nitrogens with one attached hydrogen (secondary N) is 1. The number of nitrogens with zero attached hydrogens (tertiary/aromatic N) is 2. The zero-order chi connectivity index (χ0) is 25.3. The maximum atomic E-state index is 12.8. The van der Waals surface area contributed by atoms with E-state index in [1.807, 2.05) is 44.3 Å². The normalized spacial score (nSPS) is 18.1. The molecule has 192 valence electrons. The largest absolute Gasteiger partial charge is 0.489 e. The Morgan fingerprint density at radius 3 is 2.78 bits per heavy atom. The lowest BCUT2D eigenvalue weighted by atomic mass is 10.0. The third kappa shape index (κ3) is 5.59. The summed E-state index contributed by atoms with van der Waals surface area (Å²) in [5, 5.41) is 0.891. The molecule has 0 amide bonds. The van der Waals surface area contributed by atoms with Crippen LogP contribution in [0.5, 0.6) is 5.75 Å². The number of nitrogen functional groups attached to an aromatic ring is 1. The first-order valence-electron chi connectivity index (χ1n) is 12.7. The molecule has 1 aromatic heterocycles. The number of hydrogen-bond donors (Lipinski definition) is 2. The van der Waals surface area contributed by atoms with Crippen molar-refractivity contribution in [1.29, 1.82) is 0 Å². The third-order valence-electron chi connectivity index (χ3n) is 6.86. The van der Waals surface area contributed by atoms with Gasteiger partial charge < -0.3 is 15.4 Å². The van der Waals surface area contributed by atoms with E-state index in [-0.39, 0.29) is 17.9 Å². The first-order valence-corrected chi connectivity index (χ1v) is 15.1. The highest BCUT2D eigenvalue weighted by molar-refractivity contribution is 7.89. The highest BCUT2D eigenvalue weighted by Crippen LogP contribution is 2.41. The van der Waals surface area contributed by atoms with Gasteiger partial charge in [0, 0.05) is 24.3 Å². The van der Waals surface area contributed by atoms with E-state index in [0.717, 1.165) is 65.3 Å². The minimum Gasteiger partial charge on any atom is -0.489 e. The molecule has 36 heavy (non-hydrogen) atoms. The van der Waals surface area contributed by atoms with Gasteiger partial charge in [-0.15, -0.1) is 11.3 Å². The van der Waals surface area contributed by atoms with Gasteiger partial charge in [0.25, 0.3) is 0 Å². The summed E-state index contributed by atoms with van der Waals surface area (Å²) in [7, 11) is -3.34. The molecule has 1 aliphatic carbocycles. The van der Waals surface area contributed by atoms with E-state index in [0.29, 0.717) is 18.0 Å². The van der Waals surface area contributed by atoms with E-state index in [1.165, 1.54) is 5.56 Å². The smallest absolute Gasteiger partial charge is 0.213 e. The number of fused-ring (bicyclic) bond motifs is 1. The highest BCUT2D eigenvalue weighted by Gasteiger charge is 2.29. The Hall–Kier alpha value is -2.46. The number of hydrogen-bond acceptors (Lipinski definition) is 7. The summed E-state index contributed by atoms with van der Waals surface area (Å²) in [4.78, 5) is 7.97. The van der Waals surface area contributed by atoms with Gasteiger partial charge in [-0.25, -0.2) is 18.1 Å². The Morgan fingerprint density at radius 2 is 2.03 bits per heavy atom. The average Bonchev–Trinajstić information content (AvgIpc) is 3.60. The van der Waals surface area contributed by atoms with Gasteiger partial charge in [-0.05, 0) is 87.5 Å². The van der Waals surface area contributed by atoms with E-state index >= 15 is 0 Å². The van der Waals surface area contributed by atoms with Crippen LogP contribution in [-0.4, -0.2) is 49.8 Å². The Labute approximate surface area is 217 Å². The SMILES string of the molecule is CC(C)Oc1ccc(-c2ncc(-c3cccc4c3CC[C@@H]4NS(=O)(=O)CCN3CCCC3)s2)cc1N. The summed E-state index contributed by atoms with van der Waals surface area (Å²) in [5.74, 6) is 0.834. The number of anilines is 1. The molecule has 2 heterocycles. The predicted molar refractivity (Wildman–Crippen MR) is 147 cm³/mol. The van der Waals surface area contributed by atoms with Crippen LogP contribution in [0.25, 0.3) is 21.0 Å². The second kappa shape index (κ2) is 10.5. The predicted octanol–water partition coefficient (Wildman–Crippen LogP) is 4.85. The van der Waals surface area contributed by atoms with Crippen molar-refractivity contribution in [3.8, 4) is 26.8 Å². The standard InChI is InChI=1S/C27H34N4O3S2/c1-18(2)34-25-11-8-19(16-23(25)28)27-29-17-26(35-27)22-7-5-6-21-20(22)9-10-24(21)30-36(32,33)15-14-31-12-3-4-13-31/h5-8,11,16-18,24,30H,3-4,9-10,12-15,28H2,1-2H3/t24-/m0/s1. The molecule has 1 atom stereocenters. The molecule has 0 saturated carbocycles. The van der Waals surface area contributed by atoms with Crippen molar-refractivity contribution in [2.45, 2.75) is 51.7 Å². The van der Waals surface area contributed by atoms with Crippen LogP contribution in [0, 0.1) is 0 Å². The molecule has 0 spiro atoms. The topological polar surface area (TPSA) is 97.5 Å². The lowest BCUT2D eigenvalue weighted by molar-refractivity contribution is 0.244. The fraction of sp³-hybridized carbons (Fsp3) is 0.444. The van der Waals surface area contributed by atoms with Crippen LogP contribution in [0.2, 0.25) is 0 Å². The number of benzene rings is 2. The first-order chi connectivity index (χ1) is 17.3. The van der Waals surface area contributed by atoms with Gasteiger partial charge >= 0.3 is 0 Å². The molecule has 1 fully saturated rings. The van der Waals surface area contributed by atoms with Gasteiger partial charge in [0.15, 0.2) is 0 Å². The van der Waals surface area contributed by atoms with Gasteiger partial charge in [0.2, 0.25) is 10.0 Å². The van der Waals surface area contributed by atoms with Crippen LogP contribution in [0.3, 0.4) is 0 Å². The number of aromatic nitrogens is 1. The van der Waals surface area contributed by atoms with Crippen LogP contribution in [0.4, 0.5) is 5.69 Å². The zero-order valence-corrected chi connectivity index (χ0v) is 22.5. The van der Waals surface area contributed by atoms with Crippen LogP contribution in [0.15, 0.2) is 42.6 Å². The number of ether oxygens (including phenoxy) is 1. The Bertz CT molecular complexity index is 1330. The third-order valence-corrected chi connectivity index (χ3v) is 9.30. The molecule has 0 bridgehead atoms. The average molecular weight is 527 g/mol. The second-order valence-electron chi connectivity index (χ2n) is 9.90. The summed E-state index contributed by atoms with van der Waals surface area (Å²) < 4.78 is 34.4. The molecule has 0 radical (unpaired) electrons. The summed E-state index contributed by atoms with van der Waals surface area (Å²) in [6.45, 7) is 6.56. The quantitative estimate of drug-likeness (QED) is 0.387. The Morgan fingerprint density at radius 1 is 1.22 bits per heavy atom. The summed E-state index contributed by atoms with van der Waals surface area (Å²) in [6.07, 6.45) is 5.90. The van der Waals surface area contributed by atoms with Crippen LogP contribution < -0.4 is 15.2 Å². The van der Waals surface area contributed by atoms with Gasteiger partial charge in [0.1, 0.15) is 10.8 Å². The maximum Gasteiger partial charge on any atom is 0.213 e. The van der Waals surface area contributed by atoms with E-state index in [4.69, 9.17) is 10.5 Å². The molecule has 7 nitrogen and oxygen atoms in total. The van der Waals surface area contributed by atoms with Gasteiger partial charge in [-0.2, -0.15) is 0 Å². The summed E-state index contributed by atoms with van der Waals surface area (Å²) >= 11 is 1.62. The molecular weight excluding hydrogens is 492 g/mol. The number of nitrogens with two attached hydrogens (primary N) is 1. The van der Waals surface area contributed by atoms with Crippen molar-refractivity contribution in [1.82, 2.24) is 14.6 Å². The minimum atomic E-state index is -3.34. The van der Waals surface area contributed by atoms with E-state index in [9.17, 15) is 8.42 Å². The Kier molecular flexibility index (Phi) is 7.35. The fourth-order valence-electron chi connectivity index (χ4n) is 5.11. The van der Waals surface area contributed by atoms with E-state index in [1.54, 1.807) is 11.3 Å². The molecule has 5 rings (SSSR count). The van der Waals surface area contributed by atoms with E-state index in [2.05, 4.69) is 26.7 Å². The zero-order valence-electron chi connectivity index (χ0n) is 20.9. The summed E-state index contributed by atoms with van der Waals surface area (Å²) in [6, 6.07) is 11.8. The monoisotopic (exact) mass is 526 g/mol. The molecule has 3 N–H and O–H groups in total. The van der Waals surface area contributed by atoms with Crippen LogP contribution in [0.1, 0.15) is 50.3 Å². The second-order valence-corrected chi connectivity index (χ2v) is 12.8. The van der Waals surface area contributed by atoms with Crippen molar-refractivity contribution in [2.24, 2.45) is 0 Å². The molecular formula is C27H34N4O3S2. The Balaban J connectivity index is 1.32. The molecule has 9 heteroatoms. The van der Waals surface area contributed by atoms with Crippen molar-refractivity contribution in [3.05, 3.63) is 53.7 Å². The van der Waals surface area contributed by atoms with E-state index < -0.39 is 10.0 Å². The number of sulfonamides is 1. The van der Waals surface area contributed by atoms with Crippen molar-refractivity contribution in [2.75, 3.05) is 31.1 Å². The molecule has 2 aromatic carbocycles. The lowest BCUT2D eigenvalue weighted by Crippen LogP contribution is -2.35. The fourth-order valence-corrected chi connectivity index (χ4v) is 7.37.